The van der Waals surface area contributed by atoms with Gasteiger partial charge in [-0.3, -0.25) is 0 Å². The van der Waals surface area contributed by atoms with E-state index in [9.17, 15) is 13.2 Å². The number of aryl methyl sites for hydroxylation is 1. The second-order valence-electron chi connectivity index (χ2n) is 3.93. The molecule has 0 radical (unpaired) electrons. The molecule has 6 heteroatoms. The molecule has 17 heavy (non-hydrogen) atoms. The summed E-state index contributed by atoms with van der Waals surface area (Å²) in [7, 11) is 0. The van der Waals surface area contributed by atoms with Crippen LogP contribution in [-0.4, -0.2) is 22.3 Å². The predicted molar refractivity (Wildman–Crippen MR) is 59.5 cm³/mol. The first-order valence-corrected chi connectivity index (χ1v) is 5.79. The molecule has 1 heterocycles. The number of imidazole rings is 1. The number of alkyl halides is 3. The van der Waals surface area contributed by atoms with Crippen LogP contribution >= 0.6 is 0 Å². The smallest absolute Gasteiger partial charge is 0.333 e. The lowest BCUT2D eigenvalue weighted by Crippen LogP contribution is -2.15. The van der Waals surface area contributed by atoms with Crippen molar-refractivity contribution in [1.82, 2.24) is 14.9 Å². The Bertz CT molecular complexity index is 320. The molecule has 0 aliphatic carbocycles. The second-order valence-corrected chi connectivity index (χ2v) is 3.93. The fourth-order valence-corrected chi connectivity index (χ4v) is 1.56. The van der Waals surface area contributed by atoms with Gasteiger partial charge in [0.05, 0.1) is 12.0 Å². The Kier molecular flexibility index (Phi) is 5.47. The summed E-state index contributed by atoms with van der Waals surface area (Å²) in [4.78, 5) is 4.00. The minimum Gasteiger partial charge on any atom is -0.333 e. The zero-order valence-electron chi connectivity index (χ0n) is 9.93. The number of halogens is 3. The SMILES string of the molecule is CCNCc1cncn1CCCCC(F)(F)F. The third-order valence-electron chi connectivity index (χ3n) is 2.46. The van der Waals surface area contributed by atoms with Gasteiger partial charge in [0.25, 0.3) is 0 Å². The topological polar surface area (TPSA) is 29.9 Å². The molecule has 0 bridgehead atoms. The first-order chi connectivity index (χ1) is 8.03. The predicted octanol–water partition coefficient (Wildman–Crippen LogP) is 2.73. The normalized spacial score (nSPS) is 12.0. The molecule has 1 rings (SSSR count). The van der Waals surface area contributed by atoms with E-state index in [-0.39, 0.29) is 6.42 Å². The minimum atomic E-state index is -4.04. The van der Waals surface area contributed by atoms with E-state index in [1.54, 1.807) is 12.5 Å². The van der Waals surface area contributed by atoms with Crippen LogP contribution in [0.25, 0.3) is 0 Å². The summed E-state index contributed by atoms with van der Waals surface area (Å²) in [5, 5.41) is 3.16. The van der Waals surface area contributed by atoms with Crippen LogP contribution < -0.4 is 5.32 Å². The Morgan fingerprint density at radius 2 is 2.12 bits per heavy atom. The Morgan fingerprint density at radius 1 is 1.35 bits per heavy atom. The van der Waals surface area contributed by atoms with Crippen LogP contribution in [0, 0.1) is 0 Å². The van der Waals surface area contributed by atoms with Gasteiger partial charge < -0.3 is 9.88 Å². The molecule has 1 N–H and O–H groups in total. The molecule has 0 fully saturated rings. The summed E-state index contributed by atoms with van der Waals surface area (Å²) in [6, 6.07) is 0. The summed E-state index contributed by atoms with van der Waals surface area (Å²) >= 11 is 0. The highest BCUT2D eigenvalue weighted by Crippen LogP contribution is 2.22. The molecule has 98 valence electrons. The van der Waals surface area contributed by atoms with Gasteiger partial charge in [-0.05, 0) is 19.4 Å². The molecule has 0 aliphatic rings. The highest BCUT2D eigenvalue weighted by Gasteiger charge is 2.25. The molecule has 0 amide bonds. The number of hydrogen-bond acceptors (Lipinski definition) is 2. The fourth-order valence-electron chi connectivity index (χ4n) is 1.56. The molecule has 0 spiro atoms. The lowest BCUT2D eigenvalue weighted by Gasteiger charge is -2.09. The zero-order chi connectivity index (χ0) is 12.7. The first kappa shape index (κ1) is 14.0. The van der Waals surface area contributed by atoms with Crippen molar-refractivity contribution < 1.29 is 13.2 Å². The van der Waals surface area contributed by atoms with E-state index in [1.807, 2.05) is 11.5 Å². The highest BCUT2D eigenvalue weighted by atomic mass is 19.4. The Hall–Kier alpha value is -1.04. The van der Waals surface area contributed by atoms with Crippen LogP contribution in [0.5, 0.6) is 0 Å². The number of rotatable bonds is 7. The summed E-state index contributed by atoms with van der Waals surface area (Å²) in [5.41, 5.74) is 1.01. The van der Waals surface area contributed by atoms with Gasteiger partial charge in [0.1, 0.15) is 0 Å². The average molecular weight is 249 g/mol. The van der Waals surface area contributed by atoms with Gasteiger partial charge in [-0.25, -0.2) is 4.98 Å². The molecular formula is C11H18F3N3. The maximum Gasteiger partial charge on any atom is 0.389 e. The molecule has 0 saturated heterocycles. The van der Waals surface area contributed by atoms with Crippen molar-refractivity contribution in [2.45, 2.75) is 45.5 Å². The van der Waals surface area contributed by atoms with Gasteiger partial charge in [0, 0.05) is 25.7 Å². The summed E-state index contributed by atoms with van der Waals surface area (Å²) in [5.74, 6) is 0. The Labute approximate surface area is 99.0 Å². The second kappa shape index (κ2) is 6.64. The van der Waals surface area contributed by atoms with Gasteiger partial charge in [-0.1, -0.05) is 6.92 Å². The zero-order valence-corrected chi connectivity index (χ0v) is 9.93. The molecule has 1 aromatic rings. The van der Waals surface area contributed by atoms with Crippen LogP contribution in [0.4, 0.5) is 13.2 Å². The minimum absolute atomic E-state index is 0.169. The summed E-state index contributed by atoms with van der Waals surface area (Å²) in [6.07, 6.45) is -0.643. The number of hydrogen-bond donors (Lipinski definition) is 1. The van der Waals surface area contributed by atoms with Crippen molar-refractivity contribution in [2.24, 2.45) is 0 Å². The number of nitrogens with one attached hydrogen (secondary N) is 1. The van der Waals surface area contributed by atoms with Crippen LogP contribution in [0.2, 0.25) is 0 Å². The molecular weight excluding hydrogens is 231 g/mol. The van der Waals surface area contributed by atoms with Gasteiger partial charge in [-0.15, -0.1) is 0 Å². The van der Waals surface area contributed by atoms with Crippen LogP contribution in [0.1, 0.15) is 31.9 Å². The number of unbranched alkanes of at least 4 members (excludes halogenated alkanes) is 1. The van der Waals surface area contributed by atoms with Gasteiger partial charge in [0.15, 0.2) is 0 Å². The third kappa shape index (κ3) is 5.72. The van der Waals surface area contributed by atoms with Crippen LogP contribution in [0.15, 0.2) is 12.5 Å². The standard InChI is InChI=1S/C11H18F3N3/c1-2-15-7-10-8-16-9-17(10)6-4-3-5-11(12,13)14/h8-9,15H,2-7H2,1H3. The van der Waals surface area contributed by atoms with Crippen molar-refractivity contribution in [3.63, 3.8) is 0 Å². The van der Waals surface area contributed by atoms with Crippen LogP contribution in [0.3, 0.4) is 0 Å². The monoisotopic (exact) mass is 249 g/mol. The van der Waals surface area contributed by atoms with Gasteiger partial charge in [-0.2, -0.15) is 13.2 Å². The number of nitrogens with zero attached hydrogens (tertiary/aromatic N) is 2. The largest absolute Gasteiger partial charge is 0.389 e. The van der Waals surface area contributed by atoms with E-state index < -0.39 is 12.6 Å². The van der Waals surface area contributed by atoms with Gasteiger partial charge in [0.2, 0.25) is 0 Å². The summed E-state index contributed by atoms with van der Waals surface area (Å²) in [6.45, 7) is 4.16. The van der Waals surface area contributed by atoms with Crippen molar-refractivity contribution in [1.29, 1.82) is 0 Å². The third-order valence-corrected chi connectivity index (χ3v) is 2.46. The lowest BCUT2D eigenvalue weighted by atomic mass is 10.2. The van der Waals surface area contributed by atoms with E-state index in [0.29, 0.717) is 19.5 Å². The Balaban J connectivity index is 2.29. The molecule has 0 aromatic carbocycles. The quantitative estimate of drug-likeness (QED) is 0.753. The summed E-state index contributed by atoms with van der Waals surface area (Å²) < 4.78 is 37.7. The average Bonchev–Trinajstić information content (AvgIpc) is 2.67. The maximum atomic E-state index is 11.9. The van der Waals surface area contributed by atoms with E-state index in [0.717, 1.165) is 12.2 Å². The number of aromatic nitrogens is 2. The molecule has 0 atom stereocenters. The maximum absolute atomic E-state index is 11.9. The first-order valence-electron chi connectivity index (χ1n) is 5.79. The fraction of sp³-hybridized carbons (Fsp3) is 0.727. The van der Waals surface area contributed by atoms with Crippen molar-refractivity contribution in [3.8, 4) is 0 Å². The molecule has 0 saturated carbocycles. The van der Waals surface area contributed by atoms with Crippen molar-refractivity contribution in [2.75, 3.05) is 6.54 Å². The molecule has 0 aliphatic heterocycles. The van der Waals surface area contributed by atoms with E-state index >= 15 is 0 Å². The van der Waals surface area contributed by atoms with Crippen molar-refractivity contribution >= 4 is 0 Å². The van der Waals surface area contributed by atoms with Gasteiger partial charge >= 0.3 is 6.18 Å². The van der Waals surface area contributed by atoms with Crippen molar-refractivity contribution in [3.05, 3.63) is 18.2 Å². The molecule has 0 unspecified atom stereocenters. The van der Waals surface area contributed by atoms with E-state index in [1.165, 1.54) is 0 Å². The van der Waals surface area contributed by atoms with Crippen LogP contribution in [-0.2, 0) is 13.1 Å². The Morgan fingerprint density at radius 3 is 2.76 bits per heavy atom. The lowest BCUT2D eigenvalue weighted by molar-refractivity contribution is -0.135. The molecule has 1 aromatic heterocycles. The van der Waals surface area contributed by atoms with E-state index in [2.05, 4.69) is 10.3 Å². The molecule has 3 nitrogen and oxygen atoms in total. The highest BCUT2D eigenvalue weighted by molar-refractivity contribution is 4.97. The van der Waals surface area contributed by atoms with E-state index in [4.69, 9.17) is 0 Å².